The predicted octanol–water partition coefficient (Wildman–Crippen LogP) is 3.73. The fourth-order valence-electron chi connectivity index (χ4n) is 3.54. The van der Waals surface area contributed by atoms with Gasteiger partial charge in [0.05, 0.1) is 6.20 Å². The highest BCUT2D eigenvalue weighted by Crippen LogP contribution is 2.24. The third-order valence-electron chi connectivity index (χ3n) is 5.01. The van der Waals surface area contributed by atoms with Gasteiger partial charge in [-0.2, -0.15) is 5.10 Å². The van der Waals surface area contributed by atoms with Crippen molar-refractivity contribution in [2.24, 2.45) is 5.92 Å². The highest BCUT2D eigenvalue weighted by molar-refractivity contribution is 5.68. The van der Waals surface area contributed by atoms with Crippen molar-refractivity contribution >= 4 is 6.09 Å². The van der Waals surface area contributed by atoms with Crippen LogP contribution in [-0.2, 0) is 17.7 Å². The minimum Gasteiger partial charge on any atom is -0.444 e. The summed E-state index contributed by atoms with van der Waals surface area (Å²) in [7, 11) is 0. The van der Waals surface area contributed by atoms with Gasteiger partial charge in [-0.3, -0.25) is 4.68 Å². The van der Waals surface area contributed by atoms with Crippen molar-refractivity contribution in [1.29, 1.82) is 0 Å². The third kappa shape index (κ3) is 5.58. The maximum absolute atomic E-state index is 12.2. The van der Waals surface area contributed by atoms with Crippen LogP contribution in [0.5, 0.6) is 0 Å². The van der Waals surface area contributed by atoms with Crippen LogP contribution in [0.15, 0.2) is 36.7 Å². The van der Waals surface area contributed by atoms with Gasteiger partial charge in [0.25, 0.3) is 0 Å². The SMILES string of the molecule is CC(C)(C)OC(=O)N1CCC(Cn2cc(-c3cccc(CCO)c3)cn2)CC1. The monoisotopic (exact) mass is 385 g/mol. The molecule has 0 radical (unpaired) electrons. The number of carbonyl (C=O) groups excluding carboxylic acids is 1. The lowest BCUT2D eigenvalue weighted by Gasteiger charge is -2.33. The number of nitrogens with zero attached hydrogens (tertiary/aromatic N) is 3. The van der Waals surface area contributed by atoms with Crippen molar-refractivity contribution in [3.63, 3.8) is 0 Å². The summed E-state index contributed by atoms with van der Waals surface area (Å²) in [4.78, 5) is 14.0. The van der Waals surface area contributed by atoms with E-state index in [0.717, 1.165) is 49.2 Å². The van der Waals surface area contributed by atoms with Crippen molar-refractivity contribution in [3.05, 3.63) is 42.2 Å². The number of hydrogen-bond acceptors (Lipinski definition) is 4. The van der Waals surface area contributed by atoms with Crippen molar-refractivity contribution in [2.75, 3.05) is 19.7 Å². The Labute approximate surface area is 167 Å². The number of hydrogen-bond donors (Lipinski definition) is 1. The molecule has 0 saturated carbocycles. The molecule has 1 saturated heterocycles. The Hall–Kier alpha value is -2.34. The molecular weight excluding hydrogens is 354 g/mol. The van der Waals surface area contributed by atoms with Crippen LogP contribution in [0.3, 0.4) is 0 Å². The molecule has 2 heterocycles. The van der Waals surface area contributed by atoms with Gasteiger partial charge >= 0.3 is 6.09 Å². The van der Waals surface area contributed by atoms with Crippen molar-refractivity contribution < 1.29 is 14.6 Å². The van der Waals surface area contributed by atoms with Gasteiger partial charge in [-0.25, -0.2) is 4.79 Å². The lowest BCUT2D eigenvalue weighted by molar-refractivity contribution is 0.0177. The number of rotatable bonds is 5. The van der Waals surface area contributed by atoms with E-state index in [1.54, 1.807) is 0 Å². The number of likely N-dealkylation sites (tertiary alicyclic amines) is 1. The van der Waals surface area contributed by atoms with E-state index in [9.17, 15) is 4.79 Å². The molecule has 1 aromatic heterocycles. The average molecular weight is 386 g/mol. The largest absolute Gasteiger partial charge is 0.444 e. The Morgan fingerprint density at radius 2 is 2.00 bits per heavy atom. The number of aliphatic hydroxyl groups excluding tert-OH is 1. The quantitative estimate of drug-likeness (QED) is 0.851. The first kappa shape index (κ1) is 20.4. The Morgan fingerprint density at radius 3 is 2.68 bits per heavy atom. The van der Waals surface area contributed by atoms with Crippen LogP contribution in [0.2, 0.25) is 0 Å². The molecule has 1 aromatic carbocycles. The van der Waals surface area contributed by atoms with Gasteiger partial charge in [0.15, 0.2) is 0 Å². The van der Waals surface area contributed by atoms with Crippen LogP contribution < -0.4 is 0 Å². The summed E-state index contributed by atoms with van der Waals surface area (Å²) >= 11 is 0. The molecule has 0 aliphatic carbocycles. The molecule has 1 amide bonds. The number of amides is 1. The second-order valence-corrected chi connectivity index (χ2v) is 8.54. The number of benzene rings is 1. The van der Waals surface area contributed by atoms with Crippen LogP contribution in [0.1, 0.15) is 39.2 Å². The molecule has 1 aliphatic heterocycles. The van der Waals surface area contributed by atoms with Gasteiger partial charge in [0, 0.05) is 38.0 Å². The Morgan fingerprint density at radius 1 is 1.25 bits per heavy atom. The molecule has 0 unspecified atom stereocenters. The molecule has 6 nitrogen and oxygen atoms in total. The van der Waals surface area contributed by atoms with Gasteiger partial charge < -0.3 is 14.7 Å². The zero-order valence-electron chi connectivity index (χ0n) is 17.1. The van der Waals surface area contributed by atoms with E-state index in [-0.39, 0.29) is 12.7 Å². The fraction of sp³-hybridized carbons (Fsp3) is 0.545. The second-order valence-electron chi connectivity index (χ2n) is 8.54. The van der Waals surface area contributed by atoms with Crippen LogP contribution in [0.25, 0.3) is 11.1 Å². The average Bonchev–Trinajstić information content (AvgIpc) is 3.10. The number of piperidine rings is 1. The predicted molar refractivity (Wildman–Crippen MR) is 109 cm³/mol. The summed E-state index contributed by atoms with van der Waals surface area (Å²) in [6.07, 6.45) is 6.35. The van der Waals surface area contributed by atoms with Gasteiger partial charge in [-0.05, 0) is 57.1 Å². The maximum atomic E-state index is 12.2. The zero-order chi connectivity index (χ0) is 20.1. The summed E-state index contributed by atoms with van der Waals surface area (Å²) in [5.74, 6) is 0.507. The van der Waals surface area contributed by atoms with E-state index < -0.39 is 5.60 Å². The van der Waals surface area contributed by atoms with E-state index in [1.807, 2.05) is 48.7 Å². The van der Waals surface area contributed by atoms with Crippen LogP contribution in [0, 0.1) is 5.92 Å². The van der Waals surface area contributed by atoms with E-state index >= 15 is 0 Å². The number of ether oxygens (including phenoxy) is 1. The molecule has 0 spiro atoms. The van der Waals surface area contributed by atoms with E-state index in [1.165, 1.54) is 0 Å². The van der Waals surface area contributed by atoms with Crippen LogP contribution in [0.4, 0.5) is 4.79 Å². The first-order chi connectivity index (χ1) is 13.3. The lowest BCUT2D eigenvalue weighted by Crippen LogP contribution is -2.42. The molecule has 0 bridgehead atoms. The maximum Gasteiger partial charge on any atom is 0.410 e. The number of carbonyl (C=O) groups is 1. The highest BCUT2D eigenvalue weighted by atomic mass is 16.6. The fourth-order valence-corrected chi connectivity index (χ4v) is 3.54. The van der Waals surface area contributed by atoms with Gasteiger partial charge in [-0.1, -0.05) is 24.3 Å². The minimum absolute atomic E-state index is 0.157. The highest BCUT2D eigenvalue weighted by Gasteiger charge is 2.27. The number of aliphatic hydroxyl groups is 1. The second kappa shape index (κ2) is 8.78. The summed E-state index contributed by atoms with van der Waals surface area (Å²) in [6, 6.07) is 8.23. The molecule has 1 N–H and O–H groups in total. The first-order valence-corrected chi connectivity index (χ1v) is 10.0. The summed E-state index contributed by atoms with van der Waals surface area (Å²) in [5.41, 5.74) is 2.89. The van der Waals surface area contributed by atoms with Crippen molar-refractivity contribution in [3.8, 4) is 11.1 Å². The Bertz CT molecular complexity index is 786. The standard InChI is InChI=1S/C22H31N3O3/c1-22(2,3)28-21(27)24-10-7-18(8-11-24)15-25-16-20(14-23-25)19-6-4-5-17(13-19)9-12-26/h4-6,13-14,16,18,26H,7-12,15H2,1-3H3. The van der Waals surface area contributed by atoms with E-state index in [4.69, 9.17) is 9.84 Å². The summed E-state index contributed by atoms with van der Waals surface area (Å²) in [6.45, 7) is 8.17. The molecule has 3 rings (SSSR count). The van der Waals surface area contributed by atoms with Gasteiger partial charge in [0.2, 0.25) is 0 Å². The Kier molecular flexibility index (Phi) is 6.39. The number of aromatic nitrogens is 2. The summed E-state index contributed by atoms with van der Waals surface area (Å²) in [5, 5.41) is 13.7. The first-order valence-electron chi connectivity index (χ1n) is 10.0. The Balaban J connectivity index is 1.54. The van der Waals surface area contributed by atoms with Crippen LogP contribution >= 0.6 is 0 Å². The molecule has 0 atom stereocenters. The topological polar surface area (TPSA) is 67.6 Å². The molecule has 6 heteroatoms. The molecule has 152 valence electrons. The van der Waals surface area contributed by atoms with Crippen molar-refractivity contribution in [1.82, 2.24) is 14.7 Å². The molecule has 2 aromatic rings. The molecular formula is C22H31N3O3. The van der Waals surface area contributed by atoms with Crippen molar-refractivity contribution in [2.45, 2.75) is 52.2 Å². The van der Waals surface area contributed by atoms with Crippen LogP contribution in [-0.4, -0.2) is 51.2 Å². The summed E-state index contributed by atoms with van der Waals surface area (Å²) < 4.78 is 7.47. The normalized spacial score (nSPS) is 15.6. The van der Waals surface area contributed by atoms with E-state index in [0.29, 0.717) is 12.3 Å². The van der Waals surface area contributed by atoms with Gasteiger partial charge in [-0.15, -0.1) is 0 Å². The minimum atomic E-state index is -0.451. The smallest absolute Gasteiger partial charge is 0.410 e. The lowest BCUT2D eigenvalue weighted by atomic mass is 9.97. The third-order valence-corrected chi connectivity index (χ3v) is 5.01. The molecule has 1 aliphatic rings. The molecule has 28 heavy (non-hydrogen) atoms. The van der Waals surface area contributed by atoms with Gasteiger partial charge in [0.1, 0.15) is 5.60 Å². The molecule has 1 fully saturated rings. The van der Waals surface area contributed by atoms with E-state index in [2.05, 4.69) is 23.4 Å². The zero-order valence-corrected chi connectivity index (χ0v) is 17.1.